The Kier molecular flexibility index (Phi) is 8.19. The molecule has 2 aromatic rings. The molecule has 0 aromatic heterocycles. The average Bonchev–Trinajstić information content (AvgIpc) is 2.74. The van der Waals surface area contributed by atoms with E-state index in [2.05, 4.69) is 15.4 Å². The molecule has 4 N–H and O–H groups in total. The van der Waals surface area contributed by atoms with E-state index in [1.54, 1.807) is 37.3 Å². The monoisotopic (exact) mass is 465 g/mol. The van der Waals surface area contributed by atoms with Crippen LogP contribution in [0.15, 0.2) is 53.4 Å². The Morgan fingerprint density at radius 2 is 1.97 bits per heavy atom. The van der Waals surface area contributed by atoms with Crippen LogP contribution in [0.3, 0.4) is 0 Å². The normalized spacial score (nSPS) is 21.2. The van der Waals surface area contributed by atoms with Crippen molar-refractivity contribution in [3.8, 4) is 0 Å². The summed E-state index contributed by atoms with van der Waals surface area (Å²) >= 11 is 0. The van der Waals surface area contributed by atoms with Crippen molar-refractivity contribution in [2.75, 3.05) is 18.5 Å². The first-order chi connectivity index (χ1) is 15.3. The summed E-state index contributed by atoms with van der Waals surface area (Å²) in [7, 11) is -3.62. The van der Waals surface area contributed by atoms with Crippen molar-refractivity contribution in [3.05, 3.63) is 59.9 Å². The molecule has 0 spiro atoms. The Morgan fingerprint density at radius 1 is 1.19 bits per heavy atom. The van der Waals surface area contributed by atoms with Gasteiger partial charge in [0.1, 0.15) is 11.9 Å². The lowest BCUT2D eigenvalue weighted by atomic mass is 9.97. The average molecular weight is 466 g/mol. The summed E-state index contributed by atoms with van der Waals surface area (Å²) in [6.45, 7) is 1.64. The summed E-state index contributed by atoms with van der Waals surface area (Å²) in [5, 5.41) is 15.0. The molecule has 0 radical (unpaired) electrons. The predicted octanol–water partition coefficient (Wildman–Crippen LogP) is 2.53. The van der Waals surface area contributed by atoms with Crippen LogP contribution in [0.4, 0.5) is 14.9 Å². The van der Waals surface area contributed by atoms with Crippen LogP contribution in [-0.4, -0.2) is 51.0 Å². The second kappa shape index (κ2) is 10.9. The molecule has 1 aliphatic rings. The largest absolute Gasteiger partial charge is 0.394 e. The number of carbonyl (C=O) groups is 1. The summed E-state index contributed by atoms with van der Waals surface area (Å²) in [5.74, 6) is -0.460. The van der Waals surface area contributed by atoms with Gasteiger partial charge < -0.3 is 20.5 Å². The minimum Gasteiger partial charge on any atom is -0.394 e. The topological polar surface area (TPSA) is 117 Å². The van der Waals surface area contributed by atoms with E-state index in [-0.39, 0.29) is 24.2 Å². The lowest BCUT2D eigenvalue weighted by Gasteiger charge is -2.36. The molecule has 1 saturated heterocycles. The van der Waals surface area contributed by atoms with Crippen molar-refractivity contribution < 1.29 is 27.4 Å². The fourth-order valence-corrected chi connectivity index (χ4v) is 4.99. The van der Waals surface area contributed by atoms with Gasteiger partial charge in [-0.15, -0.1) is 0 Å². The number of nitrogens with one attached hydrogen (secondary N) is 3. The van der Waals surface area contributed by atoms with E-state index in [4.69, 9.17) is 4.74 Å². The maximum atomic E-state index is 13.3. The molecule has 1 aliphatic heterocycles. The number of anilines is 1. The van der Waals surface area contributed by atoms with E-state index in [1.807, 2.05) is 0 Å². The molecule has 3 atom stereocenters. The number of urea groups is 1. The SMILES string of the molecule is Cc1ccccc1S(=O)(=O)NCC[C@@H]1CC[C@@H](NC(=O)Nc2cccc(F)c2)[C@H](CO)O1. The van der Waals surface area contributed by atoms with Crippen molar-refractivity contribution >= 4 is 21.7 Å². The Labute approximate surface area is 187 Å². The molecule has 32 heavy (non-hydrogen) atoms. The maximum absolute atomic E-state index is 13.3. The fourth-order valence-electron chi connectivity index (χ4n) is 3.70. The van der Waals surface area contributed by atoms with E-state index in [0.717, 1.165) is 0 Å². The number of rotatable bonds is 8. The van der Waals surface area contributed by atoms with Gasteiger partial charge in [-0.05, 0) is 56.0 Å². The highest BCUT2D eigenvalue weighted by atomic mass is 32.2. The van der Waals surface area contributed by atoms with Gasteiger partial charge in [-0.2, -0.15) is 0 Å². The van der Waals surface area contributed by atoms with Crippen molar-refractivity contribution in [3.63, 3.8) is 0 Å². The molecular formula is C22H28FN3O5S. The van der Waals surface area contributed by atoms with Gasteiger partial charge in [0.2, 0.25) is 10.0 Å². The quantitative estimate of drug-likeness (QED) is 0.478. The Hall–Kier alpha value is -2.53. The highest BCUT2D eigenvalue weighted by Crippen LogP contribution is 2.22. The van der Waals surface area contributed by atoms with Gasteiger partial charge in [0.25, 0.3) is 0 Å². The Balaban J connectivity index is 1.47. The first-order valence-electron chi connectivity index (χ1n) is 10.4. The van der Waals surface area contributed by atoms with Crippen molar-refractivity contribution in [1.82, 2.24) is 10.0 Å². The van der Waals surface area contributed by atoms with Gasteiger partial charge in [-0.3, -0.25) is 0 Å². The van der Waals surface area contributed by atoms with Crippen molar-refractivity contribution in [2.24, 2.45) is 0 Å². The third-order valence-electron chi connectivity index (χ3n) is 5.34. The zero-order valence-electron chi connectivity index (χ0n) is 17.8. The third kappa shape index (κ3) is 6.49. The number of aryl methyl sites for hydroxylation is 1. The third-order valence-corrected chi connectivity index (χ3v) is 6.96. The van der Waals surface area contributed by atoms with Crippen LogP contribution >= 0.6 is 0 Å². The number of carbonyl (C=O) groups excluding carboxylic acids is 1. The van der Waals surface area contributed by atoms with Crippen LogP contribution in [0.5, 0.6) is 0 Å². The van der Waals surface area contributed by atoms with Crippen LogP contribution in [0.1, 0.15) is 24.8 Å². The minimum absolute atomic E-state index is 0.192. The van der Waals surface area contributed by atoms with E-state index in [1.165, 1.54) is 18.2 Å². The van der Waals surface area contributed by atoms with E-state index in [0.29, 0.717) is 30.5 Å². The van der Waals surface area contributed by atoms with Crippen molar-refractivity contribution in [2.45, 2.75) is 49.3 Å². The number of aliphatic hydroxyl groups is 1. The number of amides is 2. The van der Waals surface area contributed by atoms with Gasteiger partial charge in [-0.1, -0.05) is 24.3 Å². The second-order valence-electron chi connectivity index (χ2n) is 7.72. The number of halogens is 1. The van der Waals surface area contributed by atoms with Gasteiger partial charge in [0.05, 0.1) is 23.6 Å². The molecule has 1 heterocycles. The predicted molar refractivity (Wildman–Crippen MR) is 118 cm³/mol. The van der Waals surface area contributed by atoms with Crippen molar-refractivity contribution in [1.29, 1.82) is 0 Å². The number of ether oxygens (including phenoxy) is 1. The molecule has 174 valence electrons. The maximum Gasteiger partial charge on any atom is 0.319 e. The molecule has 8 nitrogen and oxygen atoms in total. The highest BCUT2D eigenvalue weighted by Gasteiger charge is 2.32. The molecule has 3 rings (SSSR count). The van der Waals surface area contributed by atoms with Crippen LogP contribution < -0.4 is 15.4 Å². The zero-order chi connectivity index (χ0) is 23.1. The lowest BCUT2D eigenvalue weighted by Crippen LogP contribution is -2.52. The number of aliphatic hydroxyl groups excluding tert-OH is 1. The molecule has 0 aliphatic carbocycles. The lowest BCUT2D eigenvalue weighted by molar-refractivity contribution is -0.0884. The summed E-state index contributed by atoms with van der Waals surface area (Å²) in [6, 6.07) is 11.3. The number of benzene rings is 2. The molecule has 0 unspecified atom stereocenters. The molecule has 2 aromatic carbocycles. The van der Waals surface area contributed by atoms with Gasteiger partial charge in [0.15, 0.2) is 0 Å². The van der Waals surface area contributed by atoms with Crippen LogP contribution in [-0.2, 0) is 14.8 Å². The fraction of sp³-hybridized carbons (Fsp3) is 0.409. The molecule has 2 amide bonds. The Bertz CT molecular complexity index is 1030. The first kappa shape index (κ1) is 24.1. The van der Waals surface area contributed by atoms with Crippen LogP contribution in [0, 0.1) is 12.7 Å². The number of hydrogen-bond acceptors (Lipinski definition) is 5. The van der Waals surface area contributed by atoms with Gasteiger partial charge >= 0.3 is 6.03 Å². The zero-order valence-corrected chi connectivity index (χ0v) is 18.6. The van der Waals surface area contributed by atoms with E-state index < -0.39 is 34.0 Å². The number of hydrogen-bond donors (Lipinski definition) is 4. The molecule has 10 heteroatoms. The van der Waals surface area contributed by atoms with E-state index in [9.17, 15) is 22.7 Å². The minimum atomic E-state index is -3.62. The van der Waals surface area contributed by atoms with E-state index >= 15 is 0 Å². The molecular weight excluding hydrogens is 437 g/mol. The summed E-state index contributed by atoms with van der Waals surface area (Å²) < 4.78 is 46.7. The smallest absolute Gasteiger partial charge is 0.319 e. The van der Waals surface area contributed by atoms with Crippen LogP contribution in [0.25, 0.3) is 0 Å². The summed E-state index contributed by atoms with van der Waals surface area (Å²) in [4.78, 5) is 12.5. The number of sulfonamides is 1. The molecule has 0 saturated carbocycles. The first-order valence-corrected chi connectivity index (χ1v) is 11.9. The second-order valence-corrected chi connectivity index (χ2v) is 9.46. The molecule has 1 fully saturated rings. The molecule has 0 bridgehead atoms. The summed E-state index contributed by atoms with van der Waals surface area (Å²) in [5.41, 5.74) is 0.985. The highest BCUT2D eigenvalue weighted by molar-refractivity contribution is 7.89. The van der Waals surface area contributed by atoms with Crippen LogP contribution in [0.2, 0.25) is 0 Å². The Morgan fingerprint density at radius 3 is 2.69 bits per heavy atom. The van der Waals surface area contributed by atoms with Gasteiger partial charge in [-0.25, -0.2) is 22.3 Å². The van der Waals surface area contributed by atoms with Gasteiger partial charge in [0, 0.05) is 12.2 Å². The standard InChI is InChI=1S/C22H28FN3O5S/c1-15-5-2-3-8-21(15)32(29,30)24-12-11-18-9-10-19(20(14-27)31-18)26-22(28)25-17-7-4-6-16(23)13-17/h2-8,13,18-20,24,27H,9-12,14H2,1H3,(H2,25,26,28)/t18-,19+,20-/m0/s1. The summed E-state index contributed by atoms with van der Waals surface area (Å²) in [6.07, 6.45) is 0.699.